The quantitative estimate of drug-likeness (QED) is 0.742. The number of halogens is 3. The maximum absolute atomic E-state index is 12.9. The number of carbonyl (C=O) groups is 1. The number of hydrogen-bond donors (Lipinski definition) is 1. The normalized spacial score (nSPS) is 16.3. The second-order valence-corrected chi connectivity index (χ2v) is 9.77. The summed E-state index contributed by atoms with van der Waals surface area (Å²) in [5, 5.41) is 2.74. The molecule has 31 heavy (non-hydrogen) atoms. The smallest absolute Gasteiger partial charge is 0.352 e. The molecular weight excluding hydrogens is 429 g/mol. The van der Waals surface area contributed by atoms with E-state index >= 15 is 0 Å². The van der Waals surface area contributed by atoms with Crippen molar-refractivity contribution in [3.8, 4) is 0 Å². The third-order valence-corrected chi connectivity index (χ3v) is 7.58. The highest BCUT2D eigenvalue weighted by atomic mass is 32.2. The van der Waals surface area contributed by atoms with Crippen LogP contribution in [0.15, 0.2) is 47.4 Å². The first-order valence-corrected chi connectivity index (χ1v) is 11.4. The molecule has 3 rings (SSSR count). The molecule has 1 saturated heterocycles. The first-order valence-electron chi connectivity index (χ1n) is 10.00. The van der Waals surface area contributed by atoms with Crippen LogP contribution in [0.4, 0.5) is 13.2 Å². The Morgan fingerprint density at radius 2 is 1.68 bits per heavy atom. The van der Waals surface area contributed by atoms with E-state index in [0.29, 0.717) is 24.0 Å². The Balaban J connectivity index is 1.55. The molecule has 2 aromatic carbocycles. The standard InChI is InChI=1S/C22H25F3N2O3S/c1-15-3-8-20(16(2)13-15)31(29,30)27-11-9-18(10-12-27)21(28)26-14-17-4-6-19(7-5-17)22(23,24)25/h3-8,13,18H,9-12,14H2,1-2H3,(H,26,28). The summed E-state index contributed by atoms with van der Waals surface area (Å²) >= 11 is 0. The minimum absolute atomic E-state index is 0.123. The molecule has 1 aliphatic rings. The van der Waals surface area contributed by atoms with Gasteiger partial charge in [-0.3, -0.25) is 4.79 Å². The summed E-state index contributed by atoms with van der Waals surface area (Å²) in [6.07, 6.45) is -3.61. The fraction of sp³-hybridized carbons (Fsp3) is 0.409. The summed E-state index contributed by atoms with van der Waals surface area (Å²) in [4.78, 5) is 12.7. The summed E-state index contributed by atoms with van der Waals surface area (Å²) in [5.74, 6) is -0.552. The number of alkyl halides is 3. The minimum atomic E-state index is -4.40. The number of carbonyl (C=O) groups excluding carboxylic acids is 1. The number of hydrogen-bond acceptors (Lipinski definition) is 3. The highest BCUT2D eigenvalue weighted by Gasteiger charge is 2.33. The lowest BCUT2D eigenvalue weighted by Gasteiger charge is -2.31. The van der Waals surface area contributed by atoms with Crippen molar-refractivity contribution in [1.82, 2.24) is 9.62 Å². The topological polar surface area (TPSA) is 66.5 Å². The van der Waals surface area contributed by atoms with E-state index in [1.165, 1.54) is 16.4 Å². The van der Waals surface area contributed by atoms with E-state index in [1.54, 1.807) is 19.1 Å². The lowest BCUT2D eigenvalue weighted by Crippen LogP contribution is -2.43. The van der Waals surface area contributed by atoms with Gasteiger partial charge in [0.25, 0.3) is 0 Å². The molecule has 1 heterocycles. The Hall–Kier alpha value is -2.39. The third kappa shape index (κ3) is 5.46. The number of nitrogens with zero attached hydrogens (tertiary/aromatic N) is 1. The predicted molar refractivity (Wildman–Crippen MR) is 111 cm³/mol. The minimum Gasteiger partial charge on any atom is -0.352 e. The molecule has 9 heteroatoms. The molecule has 0 atom stereocenters. The Labute approximate surface area is 180 Å². The van der Waals surface area contributed by atoms with E-state index in [-0.39, 0.29) is 36.4 Å². The van der Waals surface area contributed by atoms with Gasteiger partial charge in [0, 0.05) is 25.6 Å². The number of piperidine rings is 1. The number of amides is 1. The number of aryl methyl sites for hydroxylation is 2. The van der Waals surface area contributed by atoms with Crippen molar-refractivity contribution >= 4 is 15.9 Å². The van der Waals surface area contributed by atoms with Crippen LogP contribution in [-0.4, -0.2) is 31.7 Å². The van der Waals surface area contributed by atoms with Gasteiger partial charge in [-0.05, 0) is 56.0 Å². The maximum atomic E-state index is 12.9. The summed E-state index contributed by atoms with van der Waals surface area (Å²) in [7, 11) is -3.62. The molecular formula is C22H25F3N2O3S. The average Bonchev–Trinajstić information content (AvgIpc) is 2.71. The van der Waals surface area contributed by atoms with Gasteiger partial charge in [-0.1, -0.05) is 29.8 Å². The van der Waals surface area contributed by atoms with E-state index < -0.39 is 21.8 Å². The number of nitrogens with one attached hydrogen (secondary N) is 1. The van der Waals surface area contributed by atoms with Crippen LogP contribution >= 0.6 is 0 Å². The molecule has 1 fully saturated rings. The number of rotatable bonds is 5. The summed E-state index contributed by atoms with van der Waals surface area (Å²) < 4.78 is 65.2. The van der Waals surface area contributed by atoms with Crippen LogP contribution in [0.5, 0.6) is 0 Å². The second-order valence-electron chi connectivity index (χ2n) is 7.86. The van der Waals surface area contributed by atoms with Gasteiger partial charge in [0.2, 0.25) is 15.9 Å². The first kappa shape index (κ1) is 23.3. The van der Waals surface area contributed by atoms with Crippen LogP contribution in [0, 0.1) is 19.8 Å². The molecule has 1 aliphatic heterocycles. The molecule has 0 radical (unpaired) electrons. The van der Waals surface area contributed by atoms with Crippen molar-refractivity contribution in [1.29, 1.82) is 0 Å². The van der Waals surface area contributed by atoms with Crippen molar-refractivity contribution in [3.05, 3.63) is 64.7 Å². The zero-order valence-corrected chi connectivity index (χ0v) is 18.2. The van der Waals surface area contributed by atoms with E-state index in [9.17, 15) is 26.4 Å². The van der Waals surface area contributed by atoms with Crippen molar-refractivity contribution in [2.24, 2.45) is 5.92 Å². The SMILES string of the molecule is Cc1ccc(S(=O)(=O)N2CCC(C(=O)NCc3ccc(C(F)(F)F)cc3)CC2)c(C)c1. The molecule has 1 N–H and O–H groups in total. The third-order valence-electron chi connectivity index (χ3n) is 5.52. The van der Waals surface area contributed by atoms with Crippen LogP contribution in [0.1, 0.15) is 35.1 Å². The molecule has 0 saturated carbocycles. The molecule has 0 unspecified atom stereocenters. The summed E-state index contributed by atoms with van der Waals surface area (Å²) in [5.41, 5.74) is 1.51. The number of sulfonamides is 1. The van der Waals surface area contributed by atoms with Crippen LogP contribution in [0.25, 0.3) is 0 Å². The molecule has 0 bridgehead atoms. The summed E-state index contributed by atoms with van der Waals surface area (Å²) in [6, 6.07) is 9.85. The fourth-order valence-corrected chi connectivity index (χ4v) is 5.41. The monoisotopic (exact) mass is 454 g/mol. The zero-order chi connectivity index (χ0) is 22.8. The molecule has 0 aliphatic carbocycles. The molecule has 0 spiro atoms. The van der Waals surface area contributed by atoms with E-state index in [0.717, 1.165) is 17.7 Å². The lowest BCUT2D eigenvalue weighted by atomic mass is 9.97. The molecule has 1 amide bonds. The Kier molecular flexibility index (Phi) is 6.76. The zero-order valence-electron chi connectivity index (χ0n) is 17.4. The lowest BCUT2D eigenvalue weighted by molar-refractivity contribution is -0.137. The fourth-order valence-electron chi connectivity index (χ4n) is 3.73. The van der Waals surface area contributed by atoms with Crippen molar-refractivity contribution in [2.75, 3.05) is 13.1 Å². The van der Waals surface area contributed by atoms with Gasteiger partial charge in [-0.15, -0.1) is 0 Å². The first-order chi connectivity index (χ1) is 14.5. The van der Waals surface area contributed by atoms with E-state index in [2.05, 4.69) is 5.32 Å². The van der Waals surface area contributed by atoms with Crippen LogP contribution in [0.3, 0.4) is 0 Å². The van der Waals surface area contributed by atoms with Crippen molar-refractivity contribution in [2.45, 2.75) is 44.3 Å². The van der Waals surface area contributed by atoms with Crippen LogP contribution in [-0.2, 0) is 27.5 Å². The second kappa shape index (κ2) is 9.00. The van der Waals surface area contributed by atoms with Gasteiger partial charge < -0.3 is 5.32 Å². The maximum Gasteiger partial charge on any atom is 0.416 e. The average molecular weight is 455 g/mol. The van der Waals surface area contributed by atoms with Crippen molar-refractivity contribution in [3.63, 3.8) is 0 Å². The van der Waals surface area contributed by atoms with Crippen LogP contribution in [0.2, 0.25) is 0 Å². The van der Waals surface area contributed by atoms with Gasteiger partial charge in [-0.25, -0.2) is 8.42 Å². The number of benzene rings is 2. The van der Waals surface area contributed by atoms with Crippen molar-refractivity contribution < 1.29 is 26.4 Å². The molecule has 2 aromatic rings. The highest BCUT2D eigenvalue weighted by Crippen LogP contribution is 2.29. The largest absolute Gasteiger partial charge is 0.416 e. The van der Waals surface area contributed by atoms with E-state index in [4.69, 9.17) is 0 Å². The Morgan fingerprint density at radius 1 is 1.06 bits per heavy atom. The van der Waals surface area contributed by atoms with E-state index in [1.807, 2.05) is 13.0 Å². The molecule has 5 nitrogen and oxygen atoms in total. The van der Waals surface area contributed by atoms with Crippen LogP contribution < -0.4 is 5.32 Å². The van der Waals surface area contributed by atoms with Gasteiger partial charge in [0.1, 0.15) is 0 Å². The van der Waals surface area contributed by atoms with Gasteiger partial charge in [0.05, 0.1) is 10.5 Å². The molecule has 168 valence electrons. The molecule has 0 aromatic heterocycles. The van der Waals surface area contributed by atoms with Gasteiger partial charge in [-0.2, -0.15) is 17.5 Å². The Morgan fingerprint density at radius 3 is 2.23 bits per heavy atom. The van der Waals surface area contributed by atoms with Gasteiger partial charge in [0.15, 0.2) is 0 Å². The van der Waals surface area contributed by atoms with Gasteiger partial charge >= 0.3 is 6.18 Å². The summed E-state index contributed by atoms with van der Waals surface area (Å²) in [6.45, 7) is 4.28. The predicted octanol–water partition coefficient (Wildman–Crippen LogP) is 4.04. The Bertz CT molecular complexity index is 1040. The highest BCUT2D eigenvalue weighted by molar-refractivity contribution is 7.89.